The van der Waals surface area contributed by atoms with Crippen LogP contribution in [0, 0.1) is 11.8 Å². The maximum Gasteiger partial charge on any atom is 0.410 e. The molecule has 1 aromatic rings. The first-order chi connectivity index (χ1) is 10.9. The molecule has 0 aromatic heterocycles. The zero-order valence-corrected chi connectivity index (χ0v) is 14.3. The van der Waals surface area contributed by atoms with Crippen molar-refractivity contribution in [2.75, 3.05) is 13.1 Å². The molecule has 1 fully saturated rings. The van der Waals surface area contributed by atoms with Crippen LogP contribution in [0.1, 0.15) is 43.9 Å². The van der Waals surface area contributed by atoms with Crippen LogP contribution < -0.4 is 0 Å². The fourth-order valence-electron chi connectivity index (χ4n) is 3.99. The smallest absolute Gasteiger partial charge is 0.410 e. The van der Waals surface area contributed by atoms with E-state index in [2.05, 4.69) is 24.3 Å². The topological polar surface area (TPSA) is 29.5 Å². The Morgan fingerprint density at radius 2 is 1.96 bits per heavy atom. The number of fused-ring (bicyclic) bond motifs is 2. The average Bonchev–Trinajstić information content (AvgIpc) is 2.96. The van der Waals surface area contributed by atoms with Gasteiger partial charge in [-0.1, -0.05) is 24.3 Å². The number of ether oxygens (including phenoxy) is 1. The Bertz CT molecular complexity index is 683. The molecular formula is C20H25NO2. The van der Waals surface area contributed by atoms with E-state index in [0.29, 0.717) is 11.8 Å². The Hall–Kier alpha value is -1.77. The molecular weight excluding hydrogens is 286 g/mol. The van der Waals surface area contributed by atoms with Crippen LogP contribution >= 0.6 is 0 Å². The van der Waals surface area contributed by atoms with E-state index in [0.717, 1.165) is 19.5 Å². The van der Waals surface area contributed by atoms with Crippen LogP contribution in [-0.2, 0) is 17.6 Å². The molecule has 3 nitrogen and oxygen atoms in total. The van der Waals surface area contributed by atoms with Crippen molar-refractivity contribution in [2.45, 2.75) is 45.6 Å². The highest BCUT2D eigenvalue weighted by Gasteiger charge is 2.39. The van der Waals surface area contributed by atoms with Crippen molar-refractivity contribution >= 4 is 11.7 Å². The molecule has 2 aliphatic carbocycles. The Morgan fingerprint density at radius 1 is 1.17 bits per heavy atom. The van der Waals surface area contributed by atoms with Crippen LogP contribution in [0.5, 0.6) is 0 Å². The Labute approximate surface area is 138 Å². The molecule has 1 aromatic carbocycles. The van der Waals surface area contributed by atoms with Gasteiger partial charge in [0, 0.05) is 13.1 Å². The molecule has 2 atom stereocenters. The molecule has 3 heteroatoms. The quantitative estimate of drug-likeness (QED) is 0.783. The number of likely N-dealkylation sites (tertiary alicyclic amines) is 1. The number of allylic oxidation sites excluding steroid dienone is 1. The second kappa shape index (κ2) is 5.12. The molecule has 2 unspecified atom stereocenters. The maximum atomic E-state index is 12.2. The lowest BCUT2D eigenvalue weighted by atomic mass is 9.86. The minimum atomic E-state index is -0.415. The number of aryl methyl sites for hydroxylation is 2. The second-order valence-electron chi connectivity index (χ2n) is 8.19. The summed E-state index contributed by atoms with van der Waals surface area (Å²) in [5, 5.41) is 0. The standard InChI is InChI=1S/C20H25NO2/c1-20(2,3)23-19(22)21-11-17-9-16(10-18(17)12-21)15-7-5-13-4-6-14(13)8-15/h5,7-9,17-18H,4,6,10-12H2,1-3H3. The first-order valence-corrected chi connectivity index (χ1v) is 8.70. The number of carbonyl (C=O) groups is 1. The van der Waals surface area contributed by atoms with Gasteiger partial charge in [0.25, 0.3) is 0 Å². The summed E-state index contributed by atoms with van der Waals surface area (Å²) in [6.45, 7) is 7.39. The monoisotopic (exact) mass is 311 g/mol. The van der Waals surface area contributed by atoms with Crippen LogP contribution in [-0.4, -0.2) is 29.7 Å². The first-order valence-electron chi connectivity index (χ1n) is 8.70. The van der Waals surface area contributed by atoms with Gasteiger partial charge in [0.2, 0.25) is 0 Å². The highest BCUT2D eigenvalue weighted by Crippen LogP contribution is 2.42. The summed E-state index contributed by atoms with van der Waals surface area (Å²) >= 11 is 0. The second-order valence-corrected chi connectivity index (χ2v) is 8.19. The molecule has 0 bridgehead atoms. The van der Waals surface area contributed by atoms with E-state index in [9.17, 15) is 4.79 Å². The van der Waals surface area contributed by atoms with Gasteiger partial charge >= 0.3 is 6.09 Å². The molecule has 0 radical (unpaired) electrons. The molecule has 0 N–H and O–H groups in total. The zero-order valence-electron chi connectivity index (χ0n) is 14.3. The lowest BCUT2D eigenvalue weighted by Gasteiger charge is -2.25. The highest BCUT2D eigenvalue weighted by atomic mass is 16.6. The third kappa shape index (κ3) is 2.77. The van der Waals surface area contributed by atoms with Gasteiger partial charge in [-0.2, -0.15) is 0 Å². The normalized spacial score (nSPS) is 25.5. The zero-order chi connectivity index (χ0) is 16.2. The molecule has 4 rings (SSSR count). The van der Waals surface area contributed by atoms with Crippen molar-refractivity contribution in [1.29, 1.82) is 0 Å². The predicted octanol–water partition coefficient (Wildman–Crippen LogP) is 4.06. The van der Waals surface area contributed by atoms with E-state index in [1.807, 2.05) is 25.7 Å². The summed E-state index contributed by atoms with van der Waals surface area (Å²) in [5.41, 5.74) is 5.49. The van der Waals surface area contributed by atoms with E-state index in [1.54, 1.807) is 0 Å². The minimum absolute atomic E-state index is 0.164. The Kier molecular flexibility index (Phi) is 3.29. The maximum absolute atomic E-state index is 12.2. The number of amides is 1. The lowest BCUT2D eigenvalue weighted by Crippen LogP contribution is -2.35. The van der Waals surface area contributed by atoms with Gasteiger partial charge in [-0.3, -0.25) is 0 Å². The summed E-state index contributed by atoms with van der Waals surface area (Å²) in [6.07, 6.45) is 5.79. The third-order valence-corrected chi connectivity index (χ3v) is 5.28. The van der Waals surface area contributed by atoms with Gasteiger partial charge in [-0.15, -0.1) is 0 Å². The predicted molar refractivity (Wildman–Crippen MR) is 91.2 cm³/mol. The molecule has 0 saturated carbocycles. The van der Waals surface area contributed by atoms with E-state index >= 15 is 0 Å². The van der Waals surface area contributed by atoms with Crippen molar-refractivity contribution in [2.24, 2.45) is 11.8 Å². The molecule has 0 spiro atoms. The summed E-state index contributed by atoms with van der Waals surface area (Å²) in [7, 11) is 0. The van der Waals surface area contributed by atoms with Crippen molar-refractivity contribution in [3.8, 4) is 0 Å². The van der Waals surface area contributed by atoms with Gasteiger partial charge in [0.15, 0.2) is 0 Å². The van der Waals surface area contributed by atoms with Crippen LogP contribution in [0.25, 0.3) is 5.57 Å². The Morgan fingerprint density at radius 3 is 2.57 bits per heavy atom. The van der Waals surface area contributed by atoms with E-state index in [4.69, 9.17) is 4.74 Å². The van der Waals surface area contributed by atoms with E-state index < -0.39 is 5.60 Å². The Balaban J connectivity index is 1.44. The number of carbonyl (C=O) groups excluding carboxylic acids is 1. The van der Waals surface area contributed by atoms with Crippen molar-refractivity contribution in [1.82, 2.24) is 4.90 Å². The van der Waals surface area contributed by atoms with Gasteiger partial charge in [-0.05, 0) is 74.1 Å². The molecule has 1 amide bonds. The van der Waals surface area contributed by atoms with E-state index in [1.165, 1.54) is 35.1 Å². The average molecular weight is 311 g/mol. The SMILES string of the molecule is CC(C)(C)OC(=O)N1CC2C=C(c3ccc4c(c3)CC4)CC2C1. The highest BCUT2D eigenvalue weighted by molar-refractivity contribution is 5.72. The largest absolute Gasteiger partial charge is 0.444 e. The molecule has 1 aliphatic heterocycles. The lowest BCUT2D eigenvalue weighted by molar-refractivity contribution is 0.0285. The van der Waals surface area contributed by atoms with Crippen LogP contribution in [0.15, 0.2) is 24.3 Å². The number of rotatable bonds is 1. The van der Waals surface area contributed by atoms with E-state index in [-0.39, 0.29) is 6.09 Å². The molecule has 3 aliphatic rings. The van der Waals surface area contributed by atoms with Crippen molar-refractivity contribution < 1.29 is 9.53 Å². The van der Waals surface area contributed by atoms with Crippen molar-refractivity contribution in [3.63, 3.8) is 0 Å². The molecule has 1 saturated heterocycles. The number of hydrogen-bond acceptors (Lipinski definition) is 2. The first kappa shape index (κ1) is 14.8. The molecule has 1 heterocycles. The molecule has 23 heavy (non-hydrogen) atoms. The van der Waals surface area contributed by atoms with Gasteiger partial charge in [0.05, 0.1) is 0 Å². The van der Waals surface area contributed by atoms with Crippen LogP contribution in [0.3, 0.4) is 0 Å². The van der Waals surface area contributed by atoms with Gasteiger partial charge in [0.1, 0.15) is 5.60 Å². The van der Waals surface area contributed by atoms with Crippen LogP contribution in [0.4, 0.5) is 4.79 Å². The fourth-order valence-corrected chi connectivity index (χ4v) is 3.99. The summed E-state index contributed by atoms with van der Waals surface area (Å²) in [6, 6.07) is 6.93. The number of nitrogens with zero attached hydrogens (tertiary/aromatic N) is 1. The minimum Gasteiger partial charge on any atom is -0.444 e. The van der Waals surface area contributed by atoms with Crippen LogP contribution in [0.2, 0.25) is 0 Å². The third-order valence-electron chi connectivity index (χ3n) is 5.28. The number of hydrogen-bond donors (Lipinski definition) is 0. The van der Waals surface area contributed by atoms with Gasteiger partial charge in [-0.25, -0.2) is 4.79 Å². The van der Waals surface area contributed by atoms with Gasteiger partial charge < -0.3 is 9.64 Å². The molecule has 122 valence electrons. The summed E-state index contributed by atoms with van der Waals surface area (Å²) in [4.78, 5) is 14.1. The number of benzene rings is 1. The van der Waals surface area contributed by atoms with Crippen molar-refractivity contribution in [3.05, 3.63) is 41.0 Å². The fraction of sp³-hybridized carbons (Fsp3) is 0.550. The summed E-state index contributed by atoms with van der Waals surface area (Å²) in [5.74, 6) is 1.05. The summed E-state index contributed by atoms with van der Waals surface area (Å²) < 4.78 is 5.50.